The van der Waals surface area contributed by atoms with Crippen LogP contribution in [0.2, 0.25) is 0 Å². The Kier molecular flexibility index (Phi) is 5.44. The van der Waals surface area contributed by atoms with Gasteiger partial charge >= 0.3 is 5.97 Å². The molecule has 7 nitrogen and oxygen atoms in total. The van der Waals surface area contributed by atoms with Crippen LogP contribution in [0.1, 0.15) is 38.5 Å². The molecule has 1 aliphatic heterocycles. The molecule has 140 valence electrons. The summed E-state index contributed by atoms with van der Waals surface area (Å²) in [7, 11) is 1.34. The van der Waals surface area contributed by atoms with E-state index in [1.54, 1.807) is 17.0 Å². The van der Waals surface area contributed by atoms with E-state index in [9.17, 15) is 14.4 Å². The zero-order valence-electron chi connectivity index (χ0n) is 15.0. The van der Waals surface area contributed by atoms with Crippen molar-refractivity contribution in [3.05, 3.63) is 24.3 Å². The van der Waals surface area contributed by atoms with Gasteiger partial charge in [-0.05, 0) is 25.0 Å². The standard InChI is InChI=1S/C19H24N2O5/c1-25-18(24)19(10-5-2-6-11-19)20-16(22)9-12-21-14-7-3-4-8-15(14)26-13-17(21)23/h3-4,7-8H,2,5-6,9-13H2,1H3,(H,20,22). The second kappa shape index (κ2) is 7.76. The number of nitrogens with one attached hydrogen (secondary N) is 1. The Hall–Kier alpha value is -2.57. The first kappa shape index (κ1) is 18.2. The lowest BCUT2D eigenvalue weighted by molar-refractivity contribution is -0.152. The zero-order valence-corrected chi connectivity index (χ0v) is 15.0. The van der Waals surface area contributed by atoms with Crippen LogP contribution in [-0.2, 0) is 19.1 Å². The molecule has 1 aromatic rings. The summed E-state index contributed by atoms with van der Waals surface area (Å²) in [4.78, 5) is 38.5. The van der Waals surface area contributed by atoms with Crippen molar-refractivity contribution >= 4 is 23.5 Å². The maximum atomic E-state index is 12.5. The smallest absolute Gasteiger partial charge is 0.331 e. The molecular formula is C19H24N2O5. The Morgan fingerprint density at radius 2 is 1.96 bits per heavy atom. The number of carbonyl (C=O) groups is 3. The highest BCUT2D eigenvalue weighted by Crippen LogP contribution is 2.32. The quantitative estimate of drug-likeness (QED) is 0.810. The summed E-state index contributed by atoms with van der Waals surface area (Å²) in [6.45, 7) is 0.201. The van der Waals surface area contributed by atoms with Gasteiger partial charge in [0.1, 0.15) is 11.3 Å². The molecule has 3 rings (SSSR count). The van der Waals surface area contributed by atoms with Crippen molar-refractivity contribution in [2.24, 2.45) is 0 Å². The maximum absolute atomic E-state index is 12.5. The van der Waals surface area contributed by atoms with E-state index in [2.05, 4.69) is 5.32 Å². The molecule has 0 spiro atoms. The molecule has 2 aliphatic rings. The third-order valence-electron chi connectivity index (χ3n) is 5.03. The van der Waals surface area contributed by atoms with E-state index in [1.165, 1.54) is 7.11 Å². The number of anilines is 1. The molecule has 0 bridgehead atoms. The minimum atomic E-state index is -0.934. The number of esters is 1. The highest BCUT2D eigenvalue weighted by Gasteiger charge is 2.42. The van der Waals surface area contributed by atoms with Crippen LogP contribution in [0.4, 0.5) is 5.69 Å². The monoisotopic (exact) mass is 360 g/mol. The number of amides is 2. The number of fused-ring (bicyclic) bond motifs is 1. The van der Waals surface area contributed by atoms with Crippen LogP contribution in [0.15, 0.2) is 24.3 Å². The van der Waals surface area contributed by atoms with Gasteiger partial charge in [0, 0.05) is 13.0 Å². The van der Waals surface area contributed by atoms with Crippen molar-refractivity contribution in [2.45, 2.75) is 44.1 Å². The third-order valence-corrected chi connectivity index (χ3v) is 5.03. The largest absolute Gasteiger partial charge is 0.482 e. The SMILES string of the molecule is COC(=O)C1(NC(=O)CCN2C(=O)COc3ccccc32)CCCCC1. The fourth-order valence-corrected chi connectivity index (χ4v) is 3.67. The third kappa shape index (κ3) is 3.66. The molecule has 0 aromatic heterocycles. The number of hydrogen-bond acceptors (Lipinski definition) is 5. The van der Waals surface area contributed by atoms with Crippen molar-refractivity contribution < 1.29 is 23.9 Å². The topological polar surface area (TPSA) is 84.9 Å². The van der Waals surface area contributed by atoms with E-state index >= 15 is 0 Å². The van der Waals surface area contributed by atoms with Crippen molar-refractivity contribution in [1.82, 2.24) is 5.32 Å². The van der Waals surface area contributed by atoms with Crippen LogP contribution in [0, 0.1) is 0 Å². The van der Waals surface area contributed by atoms with Gasteiger partial charge in [0.05, 0.1) is 12.8 Å². The Labute approximate surface area is 152 Å². The van der Waals surface area contributed by atoms with Crippen molar-refractivity contribution in [2.75, 3.05) is 25.2 Å². The molecule has 7 heteroatoms. The average molecular weight is 360 g/mol. The van der Waals surface area contributed by atoms with Crippen LogP contribution in [-0.4, -0.2) is 43.6 Å². The molecule has 26 heavy (non-hydrogen) atoms. The Bertz CT molecular complexity index is 697. The number of hydrogen-bond donors (Lipinski definition) is 1. The van der Waals surface area contributed by atoms with E-state index in [-0.39, 0.29) is 31.4 Å². The van der Waals surface area contributed by atoms with Crippen LogP contribution in [0.3, 0.4) is 0 Å². The summed E-state index contributed by atoms with van der Waals surface area (Å²) in [5.74, 6) is -0.199. The molecule has 2 amide bonds. The molecular weight excluding hydrogens is 336 g/mol. The molecule has 1 saturated carbocycles. The first-order chi connectivity index (χ1) is 12.6. The van der Waals surface area contributed by atoms with Crippen LogP contribution >= 0.6 is 0 Å². The Balaban J connectivity index is 1.65. The Morgan fingerprint density at radius 3 is 2.69 bits per heavy atom. The molecule has 1 heterocycles. The second-order valence-corrected chi connectivity index (χ2v) is 6.73. The average Bonchev–Trinajstić information content (AvgIpc) is 2.67. The number of methoxy groups -OCH3 is 1. The summed E-state index contributed by atoms with van der Waals surface area (Å²) in [5.41, 5.74) is -0.270. The normalized spacial score (nSPS) is 18.5. The minimum Gasteiger partial charge on any atom is -0.482 e. The van der Waals surface area contributed by atoms with Gasteiger partial charge in [-0.25, -0.2) is 4.79 Å². The summed E-state index contributed by atoms with van der Waals surface area (Å²) in [6, 6.07) is 7.25. The van der Waals surface area contributed by atoms with Crippen LogP contribution in [0.5, 0.6) is 5.75 Å². The predicted octanol–water partition coefficient (Wildman–Crippen LogP) is 1.79. The fraction of sp³-hybridized carbons (Fsp3) is 0.526. The molecule has 1 fully saturated rings. The molecule has 1 aromatic carbocycles. The highest BCUT2D eigenvalue weighted by molar-refractivity contribution is 5.98. The van der Waals surface area contributed by atoms with Gasteiger partial charge in [-0.15, -0.1) is 0 Å². The van der Waals surface area contributed by atoms with Gasteiger partial charge in [0.15, 0.2) is 6.61 Å². The van der Waals surface area contributed by atoms with Crippen LogP contribution in [0.25, 0.3) is 0 Å². The van der Waals surface area contributed by atoms with E-state index in [0.717, 1.165) is 19.3 Å². The van der Waals surface area contributed by atoms with Gasteiger partial charge in [0.2, 0.25) is 5.91 Å². The van der Waals surface area contributed by atoms with Gasteiger partial charge in [0.25, 0.3) is 5.91 Å². The molecule has 0 radical (unpaired) electrons. The van der Waals surface area contributed by atoms with Crippen molar-refractivity contribution in [1.29, 1.82) is 0 Å². The lowest BCUT2D eigenvalue weighted by atomic mass is 9.81. The van der Waals surface area contributed by atoms with Gasteiger partial charge in [-0.3, -0.25) is 9.59 Å². The maximum Gasteiger partial charge on any atom is 0.331 e. The zero-order chi connectivity index (χ0) is 18.6. The molecule has 0 unspecified atom stereocenters. The Morgan fingerprint density at radius 1 is 1.23 bits per heavy atom. The number of rotatable bonds is 5. The van der Waals surface area contributed by atoms with E-state index in [0.29, 0.717) is 24.3 Å². The van der Waals surface area contributed by atoms with Gasteiger partial charge in [-0.2, -0.15) is 0 Å². The van der Waals surface area contributed by atoms with E-state index in [1.807, 2.05) is 12.1 Å². The summed E-state index contributed by atoms with van der Waals surface area (Å²) >= 11 is 0. The van der Waals surface area contributed by atoms with E-state index in [4.69, 9.17) is 9.47 Å². The lowest BCUT2D eigenvalue weighted by Gasteiger charge is -2.35. The van der Waals surface area contributed by atoms with Crippen molar-refractivity contribution in [3.63, 3.8) is 0 Å². The first-order valence-corrected chi connectivity index (χ1v) is 8.97. The van der Waals surface area contributed by atoms with E-state index < -0.39 is 11.5 Å². The summed E-state index contributed by atoms with van der Waals surface area (Å²) in [5, 5.41) is 2.88. The van der Waals surface area contributed by atoms with Crippen molar-refractivity contribution in [3.8, 4) is 5.75 Å². The van der Waals surface area contributed by atoms with Gasteiger partial charge in [-0.1, -0.05) is 31.4 Å². The molecule has 1 aliphatic carbocycles. The van der Waals surface area contributed by atoms with Crippen LogP contribution < -0.4 is 15.0 Å². The predicted molar refractivity (Wildman–Crippen MR) is 94.9 cm³/mol. The number of nitrogens with zero attached hydrogens (tertiary/aromatic N) is 1. The number of carbonyl (C=O) groups excluding carboxylic acids is 3. The number of para-hydroxylation sites is 2. The fourth-order valence-electron chi connectivity index (χ4n) is 3.67. The van der Waals surface area contributed by atoms with Gasteiger partial charge < -0.3 is 19.7 Å². The summed E-state index contributed by atoms with van der Waals surface area (Å²) < 4.78 is 10.3. The second-order valence-electron chi connectivity index (χ2n) is 6.73. The molecule has 0 atom stereocenters. The lowest BCUT2D eigenvalue weighted by Crippen LogP contribution is -2.56. The number of benzene rings is 1. The molecule has 1 N–H and O–H groups in total. The highest BCUT2D eigenvalue weighted by atomic mass is 16.5. The molecule has 0 saturated heterocycles. The first-order valence-electron chi connectivity index (χ1n) is 8.97. The summed E-state index contributed by atoms with van der Waals surface area (Å²) in [6.07, 6.45) is 4.09. The minimum absolute atomic E-state index is 0.0370. The number of ether oxygens (including phenoxy) is 2.